The SMILES string of the molecule is Cc1cn2nc(N3CCOC(Cn4cccn4)C3)sc2n1. The highest BCUT2D eigenvalue weighted by Crippen LogP contribution is 2.25. The molecule has 4 heterocycles. The Morgan fingerprint density at radius 3 is 3.24 bits per heavy atom. The number of hydrogen-bond acceptors (Lipinski definition) is 6. The predicted octanol–water partition coefficient (Wildman–Crippen LogP) is 1.20. The van der Waals surface area contributed by atoms with Crippen LogP contribution in [0.3, 0.4) is 0 Å². The molecule has 0 N–H and O–H groups in total. The van der Waals surface area contributed by atoms with E-state index in [-0.39, 0.29) is 6.10 Å². The highest BCUT2D eigenvalue weighted by Gasteiger charge is 2.24. The van der Waals surface area contributed by atoms with Crippen LogP contribution in [0, 0.1) is 6.92 Å². The zero-order valence-electron chi connectivity index (χ0n) is 11.7. The molecule has 1 fully saturated rings. The van der Waals surface area contributed by atoms with Crippen molar-refractivity contribution in [1.82, 2.24) is 24.4 Å². The number of fused-ring (bicyclic) bond motifs is 1. The van der Waals surface area contributed by atoms with Crippen molar-refractivity contribution in [2.75, 3.05) is 24.6 Å². The lowest BCUT2D eigenvalue weighted by molar-refractivity contribution is 0.0274. The van der Waals surface area contributed by atoms with Gasteiger partial charge in [0.05, 0.1) is 31.1 Å². The van der Waals surface area contributed by atoms with Crippen molar-refractivity contribution < 1.29 is 4.74 Å². The van der Waals surface area contributed by atoms with Crippen LogP contribution in [0.15, 0.2) is 24.7 Å². The molecule has 3 aromatic heterocycles. The Morgan fingerprint density at radius 1 is 1.48 bits per heavy atom. The quantitative estimate of drug-likeness (QED) is 0.728. The molecule has 21 heavy (non-hydrogen) atoms. The summed E-state index contributed by atoms with van der Waals surface area (Å²) in [4.78, 5) is 7.67. The van der Waals surface area contributed by atoms with Crippen LogP contribution in [0.4, 0.5) is 5.13 Å². The van der Waals surface area contributed by atoms with E-state index in [1.165, 1.54) is 0 Å². The Bertz CT molecular complexity index is 702. The highest BCUT2D eigenvalue weighted by atomic mass is 32.1. The number of aryl methyl sites for hydroxylation is 1. The molecule has 1 atom stereocenters. The molecule has 3 aromatic rings. The lowest BCUT2D eigenvalue weighted by atomic mass is 10.3. The van der Waals surface area contributed by atoms with Crippen LogP contribution >= 0.6 is 11.3 Å². The lowest BCUT2D eigenvalue weighted by Gasteiger charge is -2.32. The molecule has 8 heteroatoms. The van der Waals surface area contributed by atoms with E-state index < -0.39 is 0 Å². The first kappa shape index (κ1) is 12.8. The van der Waals surface area contributed by atoms with E-state index in [1.807, 2.05) is 34.6 Å². The van der Waals surface area contributed by atoms with Crippen LogP contribution in [-0.4, -0.2) is 50.2 Å². The molecule has 1 aliphatic rings. The molecular formula is C13H16N6OS. The molecule has 0 spiro atoms. The fraction of sp³-hybridized carbons (Fsp3) is 0.462. The minimum Gasteiger partial charge on any atom is -0.373 e. The Kier molecular flexibility index (Phi) is 3.12. The van der Waals surface area contributed by atoms with Crippen molar-refractivity contribution in [3.8, 4) is 0 Å². The van der Waals surface area contributed by atoms with Gasteiger partial charge in [-0.2, -0.15) is 5.10 Å². The lowest BCUT2D eigenvalue weighted by Crippen LogP contribution is -2.44. The normalized spacial score (nSPS) is 19.5. The second-order valence-electron chi connectivity index (χ2n) is 5.16. The average molecular weight is 304 g/mol. The van der Waals surface area contributed by atoms with Crippen LogP contribution < -0.4 is 4.90 Å². The monoisotopic (exact) mass is 304 g/mol. The number of ether oxygens (including phenoxy) is 1. The van der Waals surface area contributed by atoms with Crippen LogP contribution in [0.2, 0.25) is 0 Å². The van der Waals surface area contributed by atoms with Crippen LogP contribution in [0.25, 0.3) is 4.96 Å². The third kappa shape index (κ3) is 2.52. The van der Waals surface area contributed by atoms with Gasteiger partial charge in [0, 0.05) is 25.5 Å². The third-order valence-electron chi connectivity index (χ3n) is 3.51. The smallest absolute Gasteiger partial charge is 0.214 e. The fourth-order valence-electron chi connectivity index (χ4n) is 2.55. The van der Waals surface area contributed by atoms with E-state index in [0.717, 1.165) is 35.4 Å². The first-order valence-electron chi connectivity index (χ1n) is 6.95. The summed E-state index contributed by atoms with van der Waals surface area (Å²) >= 11 is 1.62. The number of rotatable bonds is 3. The minimum absolute atomic E-state index is 0.136. The summed E-state index contributed by atoms with van der Waals surface area (Å²) in [5.74, 6) is 0. The van der Waals surface area contributed by atoms with Gasteiger partial charge in [0.25, 0.3) is 0 Å². The van der Waals surface area contributed by atoms with Crippen molar-refractivity contribution in [2.45, 2.75) is 19.6 Å². The Hall–Kier alpha value is -1.93. The molecule has 1 unspecified atom stereocenters. The van der Waals surface area contributed by atoms with Gasteiger partial charge in [0.1, 0.15) is 0 Å². The van der Waals surface area contributed by atoms with Gasteiger partial charge in [-0.15, -0.1) is 5.10 Å². The molecule has 0 saturated carbocycles. The van der Waals surface area contributed by atoms with Crippen molar-refractivity contribution in [2.24, 2.45) is 0 Å². The molecule has 1 saturated heterocycles. The number of hydrogen-bond donors (Lipinski definition) is 0. The van der Waals surface area contributed by atoms with Crippen LogP contribution in [-0.2, 0) is 11.3 Å². The number of aromatic nitrogens is 5. The van der Waals surface area contributed by atoms with Gasteiger partial charge in [-0.3, -0.25) is 4.68 Å². The van der Waals surface area contributed by atoms with E-state index in [1.54, 1.807) is 17.5 Å². The molecule has 0 aromatic carbocycles. The summed E-state index contributed by atoms with van der Waals surface area (Å²) in [6.45, 7) is 5.16. The summed E-state index contributed by atoms with van der Waals surface area (Å²) in [7, 11) is 0. The Balaban J connectivity index is 1.50. The van der Waals surface area contributed by atoms with Gasteiger partial charge in [0.15, 0.2) is 0 Å². The van der Waals surface area contributed by atoms with Gasteiger partial charge in [-0.05, 0) is 13.0 Å². The van der Waals surface area contributed by atoms with E-state index in [9.17, 15) is 0 Å². The molecule has 7 nitrogen and oxygen atoms in total. The molecular weight excluding hydrogens is 288 g/mol. The van der Waals surface area contributed by atoms with Crippen LogP contribution in [0.5, 0.6) is 0 Å². The number of morpholine rings is 1. The van der Waals surface area contributed by atoms with Gasteiger partial charge in [-0.25, -0.2) is 9.50 Å². The summed E-state index contributed by atoms with van der Waals surface area (Å²) in [5, 5.41) is 9.85. The number of nitrogens with zero attached hydrogens (tertiary/aromatic N) is 6. The number of anilines is 1. The molecule has 1 aliphatic heterocycles. The molecule has 110 valence electrons. The minimum atomic E-state index is 0.136. The van der Waals surface area contributed by atoms with E-state index in [0.29, 0.717) is 6.61 Å². The molecule has 0 radical (unpaired) electrons. The Labute approximate surface area is 125 Å². The van der Waals surface area contributed by atoms with E-state index in [4.69, 9.17) is 4.74 Å². The van der Waals surface area contributed by atoms with E-state index in [2.05, 4.69) is 20.1 Å². The summed E-state index contributed by atoms with van der Waals surface area (Å²) in [5.41, 5.74) is 0.999. The maximum absolute atomic E-state index is 5.83. The first-order valence-corrected chi connectivity index (χ1v) is 7.76. The standard InChI is InChI=1S/C13H16N6OS/c1-10-7-19-12(15-10)21-13(16-19)17-5-6-20-11(8-17)9-18-4-2-3-14-18/h2-4,7,11H,5-6,8-9H2,1H3. The predicted molar refractivity (Wildman–Crippen MR) is 79.8 cm³/mol. The summed E-state index contributed by atoms with van der Waals surface area (Å²) in [6, 6.07) is 1.93. The fourth-order valence-corrected chi connectivity index (χ4v) is 3.51. The molecule has 0 aliphatic carbocycles. The third-order valence-corrected chi connectivity index (χ3v) is 4.50. The highest BCUT2D eigenvalue weighted by molar-refractivity contribution is 7.20. The van der Waals surface area contributed by atoms with Crippen LogP contribution in [0.1, 0.15) is 5.69 Å². The zero-order valence-corrected chi connectivity index (χ0v) is 12.5. The van der Waals surface area contributed by atoms with Gasteiger partial charge >= 0.3 is 0 Å². The Morgan fingerprint density at radius 2 is 2.43 bits per heavy atom. The van der Waals surface area contributed by atoms with Crippen molar-refractivity contribution >= 4 is 21.4 Å². The zero-order chi connectivity index (χ0) is 14.2. The van der Waals surface area contributed by atoms with Crippen molar-refractivity contribution in [3.63, 3.8) is 0 Å². The summed E-state index contributed by atoms with van der Waals surface area (Å²) in [6.07, 6.45) is 5.84. The van der Waals surface area contributed by atoms with E-state index >= 15 is 0 Å². The maximum atomic E-state index is 5.83. The number of imidazole rings is 1. The van der Waals surface area contributed by atoms with Gasteiger partial charge < -0.3 is 9.64 Å². The van der Waals surface area contributed by atoms with Crippen molar-refractivity contribution in [1.29, 1.82) is 0 Å². The van der Waals surface area contributed by atoms with Gasteiger partial charge in [-0.1, -0.05) is 11.3 Å². The summed E-state index contributed by atoms with van der Waals surface area (Å²) < 4.78 is 9.59. The molecule has 4 rings (SSSR count). The van der Waals surface area contributed by atoms with Gasteiger partial charge in [0.2, 0.25) is 10.1 Å². The van der Waals surface area contributed by atoms with Crippen molar-refractivity contribution in [3.05, 3.63) is 30.4 Å². The maximum Gasteiger partial charge on any atom is 0.214 e. The largest absolute Gasteiger partial charge is 0.373 e. The molecule has 0 amide bonds. The second kappa shape index (κ2) is 5.12. The first-order chi connectivity index (χ1) is 10.3. The second-order valence-corrected chi connectivity index (χ2v) is 6.10. The topological polar surface area (TPSA) is 60.5 Å². The average Bonchev–Trinajstić information content (AvgIpc) is 3.15. The molecule has 0 bridgehead atoms.